The van der Waals surface area contributed by atoms with Gasteiger partial charge in [-0.2, -0.15) is 63.1 Å². The van der Waals surface area contributed by atoms with Crippen LogP contribution in [-0.2, 0) is 43.2 Å². The molecule has 9 amide bonds. The smallest absolute Gasteiger partial charge is 0.282 e. The van der Waals surface area contributed by atoms with E-state index in [9.17, 15) is 43.2 Å². The van der Waals surface area contributed by atoms with Crippen molar-refractivity contribution in [3.05, 3.63) is 0 Å². The van der Waals surface area contributed by atoms with Crippen LogP contribution in [0.5, 0.6) is 0 Å². The summed E-state index contributed by atoms with van der Waals surface area (Å²) in [6, 6.07) is 0. The van der Waals surface area contributed by atoms with Crippen molar-refractivity contribution in [2.45, 2.75) is 79.3 Å². The lowest BCUT2D eigenvalue weighted by molar-refractivity contribution is -0.150. The number of alkyl halides is 6. The number of hydrogen-bond donors (Lipinski definition) is 19. The van der Waals surface area contributed by atoms with E-state index in [2.05, 4.69) is 89.7 Å². The lowest BCUT2D eigenvalue weighted by Gasteiger charge is -2.37. The van der Waals surface area contributed by atoms with Crippen molar-refractivity contribution in [1.29, 1.82) is 0 Å². The lowest BCUT2D eigenvalue weighted by Crippen LogP contribution is -2.74. The molecule has 0 bridgehead atoms. The van der Waals surface area contributed by atoms with E-state index in [-0.39, 0.29) is 47.0 Å². The summed E-state index contributed by atoms with van der Waals surface area (Å²) in [5.41, 5.74) is 6.18. The van der Waals surface area contributed by atoms with Crippen LogP contribution in [0.4, 0.5) is 26.3 Å². The van der Waals surface area contributed by atoms with Gasteiger partial charge in [0.2, 0.25) is 17.5 Å². The Balaban J connectivity index is 6.98. The molecule has 0 aliphatic carbocycles. The molecule has 75 heavy (non-hydrogen) atoms. The Morgan fingerprint density at radius 1 is 0.400 bits per heavy atom. The average Bonchev–Trinajstić information content (AvgIpc) is 3.37. The second-order valence-electron chi connectivity index (χ2n) is 16.0. The van der Waals surface area contributed by atoms with Gasteiger partial charge < -0.3 is 59.3 Å². The monoisotopic (exact) mass is 1250 g/mol. The average molecular weight is 1250 g/mol. The summed E-state index contributed by atoms with van der Waals surface area (Å²) < 4.78 is 97.0. The fourth-order valence-corrected chi connectivity index (χ4v) is 11.6. The Bertz CT molecular complexity index is 2030. The molecule has 0 saturated carbocycles. The summed E-state index contributed by atoms with van der Waals surface area (Å²) in [6.07, 6.45) is 0. The molecule has 38 heteroatoms. The minimum absolute atomic E-state index is 0.0944. The normalized spacial score (nSPS) is 18.7. The van der Waals surface area contributed by atoms with Gasteiger partial charge in [-0.25, -0.2) is 26.3 Å². The van der Waals surface area contributed by atoms with E-state index >= 15 is 26.3 Å². The number of halogens is 6. The van der Waals surface area contributed by atoms with Crippen molar-refractivity contribution in [2.24, 2.45) is 11.5 Å². The van der Waals surface area contributed by atoms with Crippen LogP contribution in [0.2, 0.25) is 0 Å². The summed E-state index contributed by atoms with van der Waals surface area (Å²) in [5, 5.41) is 23.6. The number of nitrogens with one attached hydrogen (secondary N) is 12. The number of rotatable bonds is 36. The molecule has 0 heterocycles. The highest BCUT2D eigenvalue weighted by Crippen LogP contribution is 2.34. The Labute approximate surface area is 473 Å². The largest absolute Gasteiger partial charge is 0.356 e. The van der Waals surface area contributed by atoms with E-state index in [1.54, 1.807) is 6.92 Å². The van der Waals surface area contributed by atoms with E-state index < -0.39 is 151 Å². The molecule has 0 saturated heterocycles. The third-order valence-electron chi connectivity index (χ3n) is 10.0. The SMILES string of the molecule is CCNC(=O)[C@](F)(CSSC[C@](F)(NC(=O)[C@](F)(CS)NC)C(=O)N[C@@](F)(CSSC[C@](C)(NC(=O)[C@](N)(CS)NCC)C(=O)N[C@@](N)(CS)C(=O)NC)C(=O)NC)NC(=O)[C@](F)(CS)NC(=O)C(F)(CS)NCC. The Morgan fingerprint density at radius 3 is 1.16 bits per heavy atom. The van der Waals surface area contributed by atoms with Crippen molar-refractivity contribution < 1.29 is 69.5 Å². The summed E-state index contributed by atoms with van der Waals surface area (Å²) in [7, 11) is 4.26. The van der Waals surface area contributed by atoms with Crippen LogP contribution in [0.3, 0.4) is 0 Å². The fourth-order valence-electron chi connectivity index (χ4n) is 5.31. The van der Waals surface area contributed by atoms with Gasteiger partial charge in [0, 0.05) is 49.4 Å². The first-order valence-corrected chi connectivity index (χ1v) is 29.9. The number of thiol groups is 5. The minimum Gasteiger partial charge on any atom is -0.356 e. The first-order chi connectivity index (χ1) is 34.6. The second-order valence-corrected chi connectivity index (χ2v) is 22.5. The number of hydrogen-bond acceptors (Lipinski definition) is 23. The second kappa shape index (κ2) is 31.5. The highest BCUT2D eigenvalue weighted by atomic mass is 33.1. The van der Waals surface area contributed by atoms with Crippen LogP contribution < -0.4 is 75.3 Å². The van der Waals surface area contributed by atoms with Gasteiger partial charge in [0.1, 0.15) is 5.54 Å². The topological polar surface area (TPSA) is 350 Å². The van der Waals surface area contributed by atoms with E-state index in [1.165, 1.54) is 49.1 Å². The van der Waals surface area contributed by atoms with Gasteiger partial charge in [0.05, 0.1) is 23.0 Å². The number of carbonyl (C=O) groups is 9. The Morgan fingerprint density at radius 2 is 0.773 bits per heavy atom. The Kier molecular flexibility index (Phi) is 30.6. The van der Waals surface area contributed by atoms with Crippen molar-refractivity contribution in [3.8, 4) is 0 Å². The summed E-state index contributed by atoms with van der Waals surface area (Å²) in [4.78, 5) is 119. The predicted octanol–water partition coefficient (Wildman–Crippen LogP) is -2.77. The molecule has 16 N–H and O–H groups in total. The fraction of sp³-hybridized carbons (Fsp3) is 0.757. The number of amides is 9. The van der Waals surface area contributed by atoms with Crippen molar-refractivity contribution >= 4 is 159 Å². The van der Waals surface area contributed by atoms with Gasteiger partial charge >= 0.3 is 0 Å². The predicted molar refractivity (Wildman–Crippen MR) is 296 cm³/mol. The zero-order chi connectivity index (χ0) is 58.5. The molecule has 0 aliphatic heterocycles. The van der Waals surface area contributed by atoms with E-state index in [0.717, 1.165) is 14.1 Å². The minimum atomic E-state index is -3.96. The van der Waals surface area contributed by atoms with Gasteiger partial charge in [-0.1, -0.05) is 57.0 Å². The van der Waals surface area contributed by atoms with Gasteiger partial charge in [-0.05, 0) is 34.0 Å². The van der Waals surface area contributed by atoms with Crippen LogP contribution >= 0.6 is 106 Å². The first-order valence-electron chi connectivity index (χ1n) is 21.7. The molecule has 1 unspecified atom stereocenters. The highest BCUT2D eigenvalue weighted by molar-refractivity contribution is 8.77. The summed E-state index contributed by atoms with van der Waals surface area (Å²) >= 11 is 19.3. The Hall–Kier alpha value is -2.24. The van der Waals surface area contributed by atoms with E-state index in [4.69, 9.17) is 11.5 Å². The van der Waals surface area contributed by atoms with E-state index in [0.29, 0.717) is 21.6 Å². The van der Waals surface area contributed by atoms with Crippen LogP contribution in [0.25, 0.3) is 0 Å². The molecule has 0 aromatic carbocycles. The summed E-state index contributed by atoms with van der Waals surface area (Å²) in [6.45, 7) is 5.19. The lowest BCUT2D eigenvalue weighted by atomic mass is 10.0. The van der Waals surface area contributed by atoms with Crippen LogP contribution in [0.1, 0.15) is 27.7 Å². The number of nitrogens with two attached hydrogens (primary N) is 2. The number of likely N-dealkylation sites (N-methyl/N-ethyl adjacent to an activating group) is 6. The van der Waals surface area contributed by atoms with Crippen molar-refractivity contribution in [2.75, 3.05) is 92.6 Å². The molecule has 0 aromatic rings. The van der Waals surface area contributed by atoms with Gasteiger partial charge in [0.15, 0.2) is 11.3 Å². The van der Waals surface area contributed by atoms with Crippen LogP contribution in [0, 0.1) is 0 Å². The van der Waals surface area contributed by atoms with Gasteiger partial charge in [-0.3, -0.25) is 59.1 Å². The maximum atomic E-state index is 17.1. The molecule has 434 valence electrons. The molecular formula is C37H66F6N14O9S9. The first kappa shape index (κ1) is 72.8. The molecule has 0 aromatic heterocycles. The quantitative estimate of drug-likeness (QED) is 0.00754. The molecular weight excluding hydrogens is 1190 g/mol. The molecule has 23 nitrogen and oxygen atoms in total. The van der Waals surface area contributed by atoms with Crippen LogP contribution in [0.15, 0.2) is 0 Å². The third kappa shape index (κ3) is 19.8. The standard InChI is InChI=1S/C37H66F6N14O9S9/c1-8-49-22(60)34(42,55-25(63)32(40,13-69)53-24(62)31(39,12-68)50-9-2)18-74-75-19-35(43,54-23(61)30(38,11-67)48-7)26(64)56-33(41,21(59)46-5)17-73-72-16-29(4,52-28(66)36(44,14-70)51-10-3)20(58)57-37(45,15-71)27(65)47-6/h48,50-51,67-71H,8-19,44-45H2,1-7H3,(H,46,59)(H,47,65)(H,49,60)(H,52,66)(H,53,62)(H,54,61)(H,55,63)(H,56,64)(H,57,58)/t29-,30-,31?,32-,33-,34-,35-,36-,37-/m0/s1. The number of carbonyl (C=O) groups excluding carboxylic acids is 9. The third-order valence-corrected chi connectivity index (χ3v) is 17.3. The molecule has 0 aliphatic rings. The molecule has 0 rings (SSSR count). The molecule has 9 atom stereocenters. The zero-order valence-electron chi connectivity index (χ0n) is 41.5. The van der Waals surface area contributed by atoms with Crippen molar-refractivity contribution in [3.63, 3.8) is 0 Å². The molecule has 0 spiro atoms. The molecule has 0 radical (unpaired) electrons. The van der Waals surface area contributed by atoms with E-state index in [1.807, 2.05) is 16.0 Å². The molecule has 0 fully saturated rings. The van der Waals surface area contributed by atoms with Gasteiger partial charge in [-0.15, -0.1) is 0 Å². The zero-order valence-corrected chi connectivity index (χ0v) is 49.2. The maximum Gasteiger partial charge on any atom is 0.282 e. The van der Waals surface area contributed by atoms with Gasteiger partial charge in [0.25, 0.3) is 70.4 Å². The highest BCUT2D eigenvalue weighted by Gasteiger charge is 2.53. The maximum absolute atomic E-state index is 17.1. The van der Waals surface area contributed by atoms with Crippen molar-refractivity contribution in [1.82, 2.24) is 63.8 Å². The van der Waals surface area contributed by atoms with Crippen LogP contribution in [-0.4, -0.2) is 197 Å². The summed E-state index contributed by atoms with van der Waals surface area (Å²) in [5.74, 6) is -43.6.